The lowest BCUT2D eigenvalue weighted by Crippen LogP contribution is -2.53. The van der Waals surface area contributed by atoms with Crippen molar-refractivity contribution < 1.29 is 18.0 Å². The van der Waals surface area contributed by atoms with Crippen molar-refractivity contribution >= 4 is 27.5 Å². The van der Waals surface area contributed by atoms with Crippen LogP contribution in [-0.4, -0.2) is 44.3 Å². The van der Waals surface area contributed by atoms with E-state index in [-0.39, 0.29) is 23.8 Å². The summed E-state index contributed by atoms with van der Waals surface area (Å²) in [6.45, 7) is 7.80. The van der Waals surface area contributed by atoms with Gasteiger partial charge in [0.05, 0.1) is 10.6 Å². The fourth-order valence-corrected chi connectivity index (χ4v) is 6.52. The quantitative estimate of drug-likeness (QED) is 0.202. The molecule has 44 heavy (non-hydrogen) atoms. The lowest BCUT2D eigenvalue weighted by molar-refractivity contribution is -0.140. The molecule has 0 fully saturated rings. The van der Waals surface area contributed by atoms with Crippen molar-refractivity contribution in [3.05, 3.63) is 131 Å². The van der Waals surface area contributed by atoms with Crippen molar-refractivity contribution in [1.82, 2.24) is 10.2 Å². The Labute approximate surface area is 261 Å². The fourth-order valence-electron chi connectivity index (χ4n) is 5.03. The second kappa shape index (κ2) is 14.8. The van der Waals surface area contributed by atoms with E-state index in [0.717, 1.165) is 34.2 Å². The SMILES string of the molecule is CCCNC(=O)[C@@H](Cc1ccccc1)N(Cc1ccc(C)cc1)C(=O)CN(c1cc(C)ccc1C)S(=O)(=O)c1ccccc1. The summed E-state index contributed by atoms with van der Waals surface area (Å²) in [4.78, 5) is 29.9. The third-order valence-corrected chi connectivity index (χ3v) is 9.31. The maximum atomic E-state index is 14.5. The van der Waals surface area contributed by atoms with Crippen LogP contribution in [0.25, 0.3) is 0 Å². The van der Waals surface area contributed by atoms with Gasteiger partial charge in [0, 0.05) is 19.5 Å². The molecule has 0 aromatic heterocycles. The first-order valence-corrected chi connectivity index (χ1v) is 16.4. The molecule has 0 bridgehead atoms. The number of rotatable bonds is 13. The van der Waals surface area contributed by atoms with Crippen LogP contribution in [-0.2, 0) is 32.6 Å². The topological polar surface area (TPSA) is 86.8 Å². The van der Waals surface area contributed by atoms with Gasteiger partial charge in [0.1, 0.15) is 12.6 Å². The van der Waals surface area contributed by atoms with Crippen molar-refractivity contribution in [3.8, 4) is 0 Å². The van der Waals surface area contributed by atoms with Crippen LogP contribution in [0, 0.1) is 20.8 Å². The average molecular weight is 612 g/mol. The van der Waals surface area contributed by atoms with Gasteiger partial charge in [0.2, 0.25) is 11.8 Å². The number of carbonyl (C=O) groups is 2. The normalized spacial score (nSPS) is 11.9. The molecule has 2 amide bonds. The van der Waals surface area contributed by atoms with Gasteiger partial charge in [0.15, 0.2) is 0 Å². The first-order chi connectivity index (χ1) is 21.1. The number of anilines is 1. The number of nitrogens with one attached hydrogen (secondary N) is 1. The standard InChI is InChI=1S/C36H41N3O4S/c1-5-22-37-36(41)34(24-30-12-8-6-9-13-30)38(25-31-20-17-27(2)18-21-31)35(40)26-39(33-23-28(3)16-19-29(33)4)44(42,43)32-14-10-7-11-15-32/h6-21,23,34H,5,22,24-26H2,1-4H3,(H,37,41)/t34-/m1/s1. The van der Waals surface area contributed by atoms with Crippen LogP contribution in [0.2, 0.25) is 0 Å². The zero-order valence-electron chi connectivity index (χ0n) is 25.9. The van der Waals surface area contributed by atoms with E-state index in [9.17, 15) is 18.0 Å². The molecule has 0 radical (unpaired) electrons. The number of nitrogens with zero attached hydrogens (tertiary/aromatic N) is 2. The molecular weight excluding hydrogens is 570 g/mol. The third-order valence-electron chi connectivity index (χ3n) is 7.54. The summed E-state index contributed by atoms with van der Waals surface area (Å²) in [6, 6.07) is 30.1. The summed E-state index contributed by atoms with van der Waals surface area (Å²) in [5.74, 6) is -0.751. The van der Waals surface area contributed by atoms with Gasteiger partial charge in [-0.1, -0.05) is 97.4 Å². The number of sulfonamides is 1. The van der Waals surface area contributed by atoms with Gasteiger partial charge < -0.3 is 10.2 Å². The van der Waals surface area contributed by atoms with Gasteiger partial charge in [-0.2, -0.15) is 0 Å². The molecule has 4 aromatic carbocycles. The van der Waals surface area contributed by atoms with Crippen molar-refractivity contribution in [2.24, 2.45) is 0 Å². The van der Waals surface area contributed by atoms with Gasteiger partial charge in [0.25, 0.3) is 10.0 Å². The number of amides is 2. The Balaban J connectivity index is 1.81. The maximum Gasteiger partial charge on any atom is 0.264 e. The molecule has 7 nitrogen and oxygen atoms in total. The Bertz CT molecular complexity index is 1660. The van der Waals surface area contributed by atoms with Crippen LogP contribution < -0.4 is 9.62 Å². The predicted molar refractivity (Wildman–Crippen MR) is 176 cm³/mol. The smallest absolute Gasteiger partial charge is 0.264 e. The number of hydrogen-bond acceptors (Lipinski definition) is 4. The highest BCUT2D eigenvalue weighted by Gasteiger charge is 2.35. The molecule has 0 heterocycles. The molecule has 0 saturated carbocycles. The van der Waals surface area contributed by atoms with E-state index in [0.29, 0.717) is 12.2 Å². The van der Waals surface area contributed by atoms with Crippen molar-refractivity contribution in [2.45, 2.75) is 58.0 Å². The molecule has 0 aliphatic heterocycles. The van der Waals surface area contributed by atoms with Crippen LogP contribution >= 0.6 is 0 Å². The summed E-state index contributed by atoms with van der Waals surface area (Å²) in [5, 5.41) is 2.98. The van der Waals surface area contributed by atoms with Crippen molar-refractivity contribution in [1.29, 1.82) is 0 Å². The fraction of sp³-hybridized carbons (Fsp3) is 0.278. The van der Waals surface area contributed by atoms with Gasteiger partial charge in [-0.25, -0.2) is 8.42 Å². The Hall–Kier alpha value is -4.43. The van der Waals surface area contributed by atoms with E-state index < -0.39 is 28.5 Å². The first-order valence-electron chi connectivity index (χ1n) is 14.9. The Morgan fingerprint density at radius 2 is 1.39 bits per heavy atom. The second-order valence-corrected chi connectivity index (χ2v) is 13.0. The molecule has 1 N–H and O–H groups in total. The Morgan fingerprint density at radius 1 is 0.773 bits per heavy atom. The van der Waals surface area contributed by atoms with Gasteiger partial charge in [-0.15, -0.1) is 0 Å². The molecular formula is C36H41N3O4S. The molecule has 230 valence electrons. The van der Waals surface area contributed by atoms with Crippen molar-refractivity contribution in [3.63, 3.8) is 0 Å². The molecule has 0 spiro atoms. The summed E-state index contributed by atoms with van der Waals surface area (Å²) in [6.07, 6.45) is 1.02. The van der Waals surface area contributed by atoms with Gasteiger partial charge >= 0.3 is 0 Å². The molecule has 0 aliphatic rings. The zero-order chi connectivity index (χ0) is 31.7. The molecule has 4 aromatic rings. The molecule has 8 heteroatoms. The predicted octanol–water partition coefficient (Wildman–Crippen LogP) is 5.97. The Morgan fingerprint density at radius 3 is 2.02 bits per heavy atom. The van der Waals surface area contributed by atoms with E-state index in [4.69, 9.17) is 0 Å². The zero-order valence-corrected chi connectivity index (χ0v) is 26.7. The third kappa shape index (κ3) is 8.14. The van der Waals surface area contributed by atoms with E-state index in [1.54, 1.807) is 24.3 Å². The Kier molecular flexibility index (Phi) is 11.0. The summed E-state index contributed by atoms with van der Waals surface area (Å²) in [5.41, 5.74) is 4.82. The molecule has 0 aliphatic carbocycles. The number of benzene rings is 4. The largest absolute Gasteiger partial charge is 0.354 e. The van der Waals surface area contributed by atoms with E-state index in [2.05, 4.69) is 5.32 Å². The second-order valence-electron chi connectivity index (χ2n) is 11.1. The van der Waals surface area contributed by atoms with E-state index >= 15 is 0 Å². The minimum atomic E-state index is -4.13. The summed E-state index contributed by atoms with van der Waals surface area (Å²) >= 11 is 0. The van der Waals surface area contributed by atoms with Crippen molar-refractivity contribution in [2.75, 3.05) is 17.4 Å². The highest BCUT2D eigenvalue weighted by atomic mass is 32.2. The highest BCUT2D eigenvalue weighted by Crippen LogP contribution is 2.29. The summed E-state index contributed by atoms with van der Waals surface area (Å²) < 4.78 is 29.5. The van der Waals surface area contributed by atoms with E-state index in [1.807, 2.05) is 94.4 Å². The van der Waals surface area contributed by atoms with Crippen LogP contribution in [0.4, 0.5) is 5.69 Å². The van der Waals surface area contributed by atoms with Gasteiger partial charge in [-0.3, -0.25) is 13.9 Å². The molecule has 1 atom stereocenters. The number of carbonyl (C=O) groups excluding carboxylic acids is 2. The number of aryl methyl sites for hydroxylation is 3. The molecule has 0 unspecified atom stereocenters. The van der Waals surface area contributed by atoms with E-state index in [1.165, 1.54) is 21.3 Å². The molecule has 0 saturated heterocycles. The highest BCUT2D eigenvalue weighted by molar-refractivity contribution is 7.92. The van der Waals surface area contributed by atoms with Crippen LogP contribution in [0.3, 0.4) is 0 Å². The first kappa shape index (κ1) is 32.5. The van der Waals surface area contributed by atoms with Crippen LogP contribution in [0.5, 0.6) is 0 Å². The lowest BCUT2D eigenvalue weighted by atomic mass is 10.0. The lowest BCUT2D eigenvalue weighted by Gasteiger charge is -2.34. The minimum absolute atomic E-state index is 0.0836. The monoisotopic (exact) mass is 611 g/mol. The summed E-state index contributed by atoms with van der Waals surface area (Å²) in [7, 11) is -4.13. The van der Waals surface area contributed by atoms with Crippen LogP contribution in [0.15, 0.2) is 108 Å². The molecule has 4 rings (SSSR count). The van der Waals surface area contributed by atoms with Crippen LogP contribution in [0.1, 0.15) is 41.2 Å². The number of hydrogen-bond donors (Lipinski definition) is 1. The average Bonchev–Trinajstić information content (AvgIpc) is 3.03. The van der Waals surface area contributed by atoms with Gasteiger partial charge in [-0.05, 0) is 67.6 Å². The maximum absolute atomic E-state index is 14.5. The minimum Gasteiger partial charge on any atom is -0.354 e.